The average molecular weight is 416 g/mol. The summed E-state index contributed by atoms with van der Waals surface area (Å²) in [7, 11) is 0. The monoisotopic (exact) mass is 416 g/mol. The van der Waals surface area contributed by atoms with E-state index in [-0.39, 0.29) is 29.8 Å². The van der Waals surface area contributed by atoms with Crippen LogP contribution in [0.2, 0.25) is 0 Å². The largest absolute Gasteiger partial charge is 0.484 e. The number of allylic oxidation sites excluding steroid dienone is 2. The van der Waals surface area contributed by atoms with Gasteiger partial charge in [0.25, 0.3) is 5.91 Å². The zero-order valence-electron chi connectivity index (χ0n) is 17.5. The second-order valence-corrected chi connectivity index (χ2v) is 8.03. The maximum atomic E-state index is 10.9. The first-order valence-electron chi connectivity index (χ1n) is 9.97. The van der Waals surface area contributed by atoms with Crippen molar-refractivity contribution in [3.63, 3.8) is 0 Å². The summed E-state index contributed by atoms with van der Waals surface area (Å²) < 4.78 is 5.33. The van der Waals surface area contributed by atoms with Gasteiger partial charge >= 0.3 is 0 Å². The summed E-state index contributed by atoms with van der Waals surface area (Å²) in [5, 5.41) is 29.8. The minimum atomic E-state index is -1.64. The Labute approximate surface area is 181 Å². The Balaban J connectivity index is 2.13. The number of nitrogens with zero attached hydrogens (tertiary/aromatic N) is 4. The number of amides is 1. The first kappa shape index (κ1) is 21.9. The van der Waals surface area contributed by atoms with E-state index in [1.165, 1.54) is 0 Å². The van der Waals surface area contributed by atoms with E-state index < -0.39 is 17.2 Å². The molecule has 0 bridgehead atoms. The highest BCUT2D eigenvalue weighted by Crippen LogP contribution is 2.53. The summed E-state index contributed by atoms with van der Waals surface area (Å²) >= 11 is 0. The fourth-order valence-electron chi connectivity index (χ4n) is 4.39. The maximum absolute atomic E-state index is 10.9. The first-order valence-corrected chi connectivity index (χ1v) is 9.97. The predicted octanol–water partition coefficient (Wildman–Crippen LogP) is 1.68. The summed E-state index contributed by atoms with van der Waals surface area (Å²) in [6.07, 6.45) is 1.92. The number of nitrogens with two attached hydrogens (primary N) is 2. The molecule has 1 amide bonds. The summed E-state index contributed by atoms with van der Waals surface area (Å²) in [5.41, 5.74) is 11.5. The molecule has 8 heteroatoms. The van der Waals surface area contributed by atoms with E-state index in [0.717, 1.165) is 5.56 Å². The number of primary amides is 1. The van der Waals surface area contributed by atoms with Crippen molar-refractivity contribution in [3.05, 3.63) is 52.7 Å². The number of hydrogen-bond acceptors (Lipinski definition) is 7. The van der Waals surface area contributed by atoms with E-state index in [2.05, 4.69) is 37.0 Å². The van der Waals surface area contributed by atoms with Gasteiger partial charge < -0.3 is 16.2 Å². The van der Waals surface area contributed by atoms with Gasteiger partial charge in [-0.15, -0.1) is 0 Å². The third kappa shape index (κ3) is 3.72. The third-order valence-corrected chi connectivity index (χ3v) is 6.02. The van der Waals surface area contributed by atoms with E-state index in [4.69, 9.17) is 16.2 Å². The Morgan fingerprint density at radius 1 is 1.26 bits per heavy atom. The minimum absolute atomic E-state index is 0.000415. The molecule has 0 unspecified atom stereocenters. The molecule has 158 valence electrons. The van der Waals surface area contributed by atoms with Gasteiger partial charge in [-0.2, -0.15) is 15.8 Å². The second-order valence-electron chi connectivity index (χ2n) is 8.03. The molecule has 0 fully saturated rings. The molecule has 4 N–H and O–H groups in total. The van der Waals surface area contributed by atoms with Crippen molar-refractivity contribution in [2.24, 2.45) is 22.8 Å². The Bertz CT molecular complexity index is 1050. The van der Waals surface area contributed by atoms with Gasteiger partial charge in [0.15, 0.2) is 6.61 Å². The number of carbonyl (C=O) groups is 1. The van der Waals surface area contributed by atoms with Gasteiger partial charge in [-0.05, 0) is 37.1 Å². The molecule has 0 saturated heterocycles. The number of fused-ring (bicyclic) bond motifs is 1. The average Bonchev–Trinajstić information content (AvgIpc) is 2.77. The van der Waals surface area contributed by atoms with Gasteiger partial charge in [-0.1, -0.05) is 18.2 Å². The molecule has 0 saturated carbocycles. The van der Waals surface area contributed by atoms with Gasteiger partial charge in [-0.25, -0.2) is 0 Å². The van der Waals surface area contributed by atoms with Crippen LogP contribution < -0.4 is 16.2 Å². The molecule has 8 nitrogen and oxygen atoms in total. The number of nitriles is 3. The van der Waals surface area contributed by atoms with E-state index in [1.54, 1.807) is 12.1 Å². The summed E-state index contributed by atoms with van der Waals surface area (Å²) in [4.78, 5) is 13.2. The van der Waals surface area contributed by atoms with Crippen LogP contribution in [-0.4, -0.2) is 36.5 Å². The lowest BCUT2D eigenvalue weighted by molar-refractivity contribution is -0.119. The number of hydrogen-bond donors (Lipinski definition) is 2. The van der Waals surface area contributed by atoms with Crippen LogP contribution in [0.3, 0.4) is 0 Å². The normalized spacial score (nSPS) is 22.5. The van der Waals surface area contributed by atoms with Crippen LogP contribution in [0.15, 0.2) is 47.2 Å². The lowest BCUT2D eigenvalue weighted by Crippen LogP contribution is -2.48. The van der Waals surface area contributed by atoms with Crippen molar-refractivity contribution < 1.29 is 9.53 Å². The SMILES string of the molecule is CC(C)N1CC=C2[C@H](C1)[C@@H](c1ccc(OCC(N)=O)cc1)C(C#N)=C(N)C2(C#N)C#N. The molecular weight excluding hydrogens is 392 g/mol. The standard InChI is InChI=1S/C23H24N6O2/c1-14(2)29-8-7-19-18(10-29)21(17(9-24)22(28)23(19,12-25)13-26)15-3-5-16(6-4-15)31-11-20(27)30/h3-7,14,18,21H,8,10-11,28H2,1-2H3,(H2,27,30)/t18-,21-/m0/s1. The molecule has 31 heavy (non-hydrogen) atoms. The summed E-state index contributed by atoms with van der Waals surface area (Å²) in [6.45, 7) is 5.14. The molecule has 1 aliphatic heterocycles. The van der Waals surface area contributed by atoms with Crippen LogP contribution in [0, 0.1) is 45.3 Å². The maximum Gasteiger partial charge on any atom is 0.255 e. The molecule has 1 aromatic rings. The van der Waals surface area contributed by atoms with Gasteiger partial charge in [0.1, 0.15) is 5.75 Å². The zero-order valence-corrected chi connectivity index (χ0v) is 17.5. The highest BCUT2D eigenvalue weighted by atomic mass is 16.5. The quantitative estimate of drug-likeness (QED) is 0.692. The molecule has 3 rings (SSSR count). The smallest absolute Gasteiger partial charge is 0.255 e. The number of carbonyl (C=O) groups excluding carboxylic acids is 1. The van der Waals surface area contributed by atoms with Crippen LogP contribution in [0.25, 0.3) is 0 Å². The zero-order chi connectivity index (χ0) is 22.8. The summed E-state index contributed by atoms with van der Waals surface area (Å²) in [5.74, 6) is -0.762. The van der Waals surface area contributed by atoms with E-state index in [0.29, 0.717) is 24.4 Å². The molecule has 2 aliphatic rings. The predicted molar refractivity (Wildman–Crippen MR) is 113 cm³/mol. The molecular formula is C23H24N6O2. The van der Waals surface area contributed by atoms with E-state index in [1.807, 2.05) is 18.2 Å². The van der Waals surface area contributed by atoms with Crippen molar-refractivity contribution >= 4 is 5.91 Å². The van der Waals surface area contributed by atoms with Crippen LogP contribution >= 0.6 is 0 Å². The Kier molecular flexibility index (Phi) is 6.02. The number of ether oxygens (including phenoxy) is 1. The van der Waals surface area contributed by atoms with Gasteiger partial charge in [0, 0.05) is 31.0 Å². The fourth-order valence-corrected chi connectivity index (χ4v) is 4.39. The van der Waals surface area contributed by atoms with Gasteiger partial charge in [-0.3, -0.25) is 9.69 Å². The van der Waals surface area contributed by atoms with Crippen molar-refractivity contribution in [1.29, 1.82) is 15.8 Å². The Morgan fingerprint density at radius 3 is 2.42 bits per heavy atom. The third-order valence-electron chi connectivity index (χ3n) is 6.02. The Morgan fingerprint density at radius 2 is 1.90 bits per heavy atom. The first-order chi connectivity index (χ1) is 14.8. The van der Waals surface area contributed by atoms with Crippen molar-refractivity contribution in [1.82, 2.24) is 4.90 Å². The highest BCUT2D eigenvalue weighted by molar-refractivity contribution is 5.75. The topological polar surface area (TPSA) is 153 Å². The Hall–Kier alpha value is -3.80. The van der Waals surface area contributed by atoms with Crippen LogP contribution in [0.4, 0.5) is 0 Å². The van der Waals surface area contributed by atoms with Crippen molar-refractivity contribution in [3.8, 4) is 24.0 Å². The molecule has 2 atom stereocenters. The van der Waals surface area contributed by atoms with Gasteiger partial charge in [0.2, 0.25) is 5.41 Å². The molecule has 1 aromatic carbocycles. The highest BCUT2D eigenvalue weighted by Gasteiger charge is 2.52. The van der Waals surface area contributed by atoms with E-state index >= 15 is 0 Å². The molecule has 1 aliphatic carbocycles. The fraction of sp³-hybridized carbons (Fsp3) is 0.391. The van der Waals surface area contributed by atoms with Crippen LogP contribution in [0.5, 0.6) is 5.75 Å². The number of benzene rings is 1. The van der Waals surface area contributed by atoms with Crippen LogP contribution in [-0.2, 0) is 4.79 Å². The van der Waals surface area contributed by atoms with Gasteiger partial charge in [0.05, 0.1) is 29.5 Å². The molecule has 0 radical (unpaired) electrons. The van der Waals surface area contributed by atoms with Crippen LogP contribution in [0.1, 0.15) is 25.3 Å². The minimum Gasteiger partial charge on any atom is -0.484 e. The number of rotatable bonds is 5. The lowest BCUT2D eigenvalue weighted by atomic mass is 9.60. The van der Waals surface area contributed by atoms with Crippen molar-refractivity contribution in [2.75, 3.05) is 19.7 Å². The summed E-state index contributed by atoms with van der Waals surface area (Å²) in [6, 6.07) is 13.6. The molecule has 1 heterocycles. The van der Waals surface area contributed by atoms with E-state index in [9.17, 15) is 20.6 Å². The van der Waals surface area contributed by atoms with Crippen molar-refractivity contribution in [2.45, 2.75) is 25.8 Å². The lowest BCUT2D eigenvalue weighted by Gasteiger charge is -2.46. The second kappa shape index (κ2) is 8.52. The molecule has 0 aromatic heterocycles. The molecule has 0 spiro atoms.